The second-order valence-electron chi connectivity index (χ2n) is 10.3. The van der Waals surface area contributed by atoms with Crippen LogP contribution in [-0.2, 0) is 0 Å². The minimum Gasteiger partial charge on any atom is -0.494 e. The van der Waals surface area contributed by atoms with Crippen molar-refractivity contribution in [3.05, 3.63) is 48.9 Å². The average molecular weight is 497 g/mol. The second kappa shape index (κ2) is 17.3. The molecule has 0 aliphatic heterocycles. The molecule has 0 unspecified atom stereocenters. The van der Waals surface area contributed by atoms with Gasteiger partial charge in [0, 0.05) is 5.56 Å². The van der Waals surface area contributed by atoms with Gasteiger partial charge in [0.1, 0.15) is 5.75 Å². The Bertz CT molecular complexity index is 806. The van der Waals surface area contributed by atoms with E-state index in [-0.39, 0.29) is 0 Å². The van der Waals surface area contributed by atoms with Crippen LogP contribution in [0.4, 0.5) is 0 Å². The molecule has 0 N–H and O–H groups in total. The Labute approximate surface area is 215 Å². The summed E-state index contributed by atoms with van der Waals surface area (Å²) in [4.78, 5) is 8.97. The van der Waals surface area contributed by atoms with E-state index in [1.165, 1.54) is 70.3 Å². The summed E-state index contributed by atoms with van der Waals surface area (Å²) in [5.74, 6) is 2.35. The highest BCUT2D eigenvalue weighted by Gasteiger charge is 2.14. The molecule has 0 spiro atoms. The van der Waals surface area contributed by atoms with E-state index in [0.717, 1.165) is 43.1 Å². The molecule has 5 heteroatoms. The van der Waals surface area contributed by atoms with Gasteiger partial charge in [-0.15, -0.1) is 12.3 Å². The van der Waals surface area contributed by atoms with Crippen LogP contribution >= 0.6 is 0 Å². The fraction of sp³-hybridized carbons (Fsp3) is 0.600. The summed E-state index contributed by atoms with van der Waals surface area (Å²) in [6.07, 6.45) is 18.9. The number of aromatic nitrogens is 2. The van der Waals surface area contributed by atoms with Crippen LogP contribution in [0.2, 0.25) is 19.1 Å². The van der Waals surface area contributed by atoms with Crippen molar-refractivity contribution in [2.75, 3.05) is 13.2 Å². The molecule has 35 heavy (non-hydrogen) atoms. The molecule has 0 aliphatic carbocycles. The Morgan fingerprint density at radius 1 is 0.714 bits per heavy atom. The van der Waals surface area contributed by atoms with Crippen LogP contribution in [0.3, 0.4) is 0 Å². The Morgan fingerprint density at radius 3 is 1.80 bits per heavy atom. The lowest BCUT2D eigenvalue weighted by molar-refractivity contribution is 0.302. The molecule has 0 saturated heterocycles. The highest BCUT2D eigenvalue weighted by molar-refractivity contribution is 6.82. The summed E-state index contributed by atoms with van der Waals surface area (Å²) < 4.78 is 11.7. The fourth-order valence-corrected chi connectivity index (χ4v) is 5.36. The average Bonchev–Trinajstić information content (AvgIpc) is 2.88. The molecule has 0 bridgehead atoms. The smallest absolute Gasteiger partial charge is 0.159 e. The number of rotatable bonds is 20. The Hall–Kier alpha value is -2.14. The molecule has 0 aliphatic rings. The number of unbranched alkanes of at least 4 members (excludes halogenated alkanes) is 10. The second-order valence-corrected chi connectivity index (χ2v) is 15.2. The van der Waals surface area contributed by atoms with Gasteiger partial charge in [0.2, 0.25) is 0 Å². The zero-order valence-corrected chi connectivity index (χ0v) is 23.6. The van der Waals surface area contributed by atoms with Crippen molar-refractivity contribution >= 4 is 8.07 Å². The quantitative estimate of drug-likeness (QED) is 0.135. The van der Waals surface area contributed by atoms with Crippen LogP contribution < -0.4 is 9.47 Å². The highest BCUT2D eigenvalue weighted by atomic mass is 28.3. The van der Waals surface area contributed by atoms with E-state index < -0.39 is 8.07 Å². The van der Waals surface area contributed by atoms with Gasteiger partial charge in [0.15, 0.2) is 11.6 Å². The molecule has 4 nitrogen and oxygen atoms in total. The first-order valence-electron chi connectivity index (χ1n) is 13.9. The summed E-state index contributed by atoms with van der Waals surface area (Å²) in [6, 6.07) is 9.39. The number of ether oxygens (including phenoxy) is 2. The molecule has 1 aromatic heterocycles. The van der Waals surface area contributed by atoms with E-state index in [9.17, 15) is 0 Å². The zero-order chi connectivity index (χ0) is 25.2. The third kappa shape index (κ3) is 12.9. The van der Waals surface area contributed by atoms with Crippen molar-refractivity contribution in [3.8, 4) is 22.9 Å². The van der Waals surface area contributed by atoms with Gasteiger partial charge in [-0.3, -0.25) is 0 Å². The predicted octanol–water partition coefficient (Wildman–Crippen LogP) is 9.04. The maximum atomic E-state index is 5.90. The van der Waals surface area contributed by atoms with E-state index in [0.29, 0.717) is 5.82 Å². The largest absolute Gasteiger partial charge is 0.494 e. The SMILES string of the molecule is C=C[Si](C)(C)CCCCCCOc1cnc(-c2ccc(OCCCCCCCCCC)cc2)nc1. The van der Waals surface area contributed by atoms with E-state index in [1.807, 2.05) is 24.3 Å². The summed E-state index contributed by atoms with van der Waals surface area (Å²) in [7, 11) is -1.14. The lowest BCUT2D eigenvalue weighted by atomic mass is 10.1. The fourth-order valence-electron chi connectivity index (χ4n) is 3.99. The van der Waals surface area contributed by atoms with Crippen molar-refractivity contribution < 1.29 is 9.47 Å². The molecule has 194 valence electrons. The molecule has 0 amide bonds. The normalized spacial score (nSPS) is 11.4. The molecule has 0 radical (unpaired) electrons. The summed E-state index contributed by atoms with van der Waals surface area (Å²) in [6.45, 7) is 12.5. The van der Waals surface area contributed by atoms with Gasteiger partial charge in [-0.1, -0.05) is 90.3 Å². The zero-order valence-electron chi connectivity index (χ0n) is 22.6. The molecule has 0 fully saturated rings. The van der Waals surface area contributed by atoms with Crippen molar-refractivity contribution in [1.29, 1.82) is 0 Å². The molecular formula is C30H48N2O2Si. The van der Waals surface area contributed by atoms with Crippen LogP contribution in [-0.4, -0.2) is 31.3 Å². The molecule has 0 saturated carbocycles. The standard InChI is InChI=1S/C30H48N2O2Si/c1-5-7-8-9-10-11-12-15-22-33-28-20-18-27(19-21-28)30-31-25-29(26-32-30)34-23-16-13-14-17-24-35(3,4)6-2/h6,18-21,25-26H,2,5,7-17,22-24H2,1,3-4H3. The van der Waals surface area contributed by atoms with Crippen molar-refractivity contribution in [2.24, 2.45) is 0 Å². The van der Waals surface area contributed by atoms with Gasteiger partial charge in [-0.2, -0.15) is 0 Å². The molecule has 2 aromatic rings. The van der Waals surface area contributed by atoms with E-state index in [4.69, 9.17) is 9.47 Å². The lowest BCUT2D eigenvalue weighted by Crippen LogP contribution is -2.21. The topological polar surface area (TPSA) is 44.2 Å². The van der Waals surface area contributed by atoms with Gasteiger partial charge in [0.05, 0.1) is 33.7 Å². The number of hydrogen-bond donors (Lipinski definition) is 0. The molecule has 1 heterocycles. The van der Waals surface area contributed by atoms with Crippen molar-refractivity contribution in [1.82, 2.24) is 9.97 Å². The highest BCUT2D eigenvalue weighted by Crippen LogP contribution is 2.21. The predicted molar refractivity (Wildman–Crippen MR) is 152 cm³/mol. The minimum atomic E-state index is -1.14. The van der Waals surface area contributed by atoms with Gasteiger partial charge in [-0.05, 0) is 37.1 Å². The maximum Gasteiger partial charge on any atom is 0.159 e. The van der Waals surface area contributed by atoms with Gasteiger partial charge in [-0.25, -0.2) is 9.97 Å². The minimum absolute atomic E-state index is 0.709. The lowest BCUT2D eigenvalue weighted by Gasteiger charge is -2.16. The van der Waals surface area contributed by atoms with Gasteiger partial charge >= 0.3 is 0 Å². The summed E-state index contributed by atoms with van der Waals surface area (Å²) in [5.41, 5.74) is 3.18. The van der Waals surface area contributed by atoms with Crippen LogP contribution in [0, 0.1) is 0 Å². The Kier molecular flexibility index (Phi) is 14.4. The molecule has 1 aromatic carbocycles. The van der Waals surface area contributed by atoms with Gasteiger partial charge < -0.3 is 9.47 Å². The monoisotopic (exact) mass is 496 g/mol. The number of nitrogens with zero attached hydrogens (tertiary/aromatic N) is 2. The Balaban J connectivity index is 1.59. The first-order valence-corrected chi connectivity index (χ1v) is 17.1. The Morgan fingerprint density at radius 2 is 1.23 bits per heavy atom. The van der Waals surface area contributed by atoms with Crippen LogP contribution in [0.1, 0.15) is 84.0 Å². The number of hydrogen-bond acceptors (Lipinski definition) is 4. The third-order valence-corrected chi connectivity index (χ3v) is 9.29. The van der Waals surface area contributed by atoms with E-state index in [2.05, 4.69) is 42.3 Å². The van der Waals surface area contributed by atoms with E-state index in [1.54, 1.807) is 12.4 Å². The summed E-state index contributed by atoms with van der Waals surface area (Å²) in [5, 5.41) is 0. The molecule has 2 rings (SSSR count). The van der Waals surface area contributed by atoms with Crippen LogP contribution in [0.25, 0.3) is 11.4 Å². The first kappa shape index (κ1) is 29.1. The van der Waals surface area contributed by atoms with Crippen LogP contribution in [0.5, 0.6) is 11.5 Å². The van der Waals surface area contributed by atoms with Gasteiger partial charge in [0.25, 0.3) is 0 Å². The number of benzene rings is 1. The van der Waals surface area contributed by atoms with Crippen molar-refractivity contribution in [3.63, 3.8) is 0 Å². The van der Waals surface area contributed by atoms with E-state index >= 15 is 0 Å². The molecule has 0 atom stereocenters. The van der Waals surface area contributed by atoms with Crippen LogP contribution in [0.15, 0.2) is 48.9 Å². The molecular weight excluding hydrogens is 448 g/mol. The first-order chi connectivity index (χ1) is 17.0. The maximum absolute atomic E-state index is 5.90. The third-order valence-electron chi connectivity index (χ3n) is 6.54. The van der Waals surface area contributed by atoms with Crippen molar-refractivity contribution in [2.45, 2.75) is 103 Å². The summed E-state index contributed by atoms with van der Waals surface area (Å²) >= 11 is 0.